The van der Waals surface area contributed by atoms with Gasteiger partial charge in [0.2, 0.25) is 0 Å². The smallest absolute Gasteiger partial charge is 0.342 e. The van der Waals surface area contributed by atoms with Gasteiger partial charge >= 0.3 is 18.4 Å². The van der Waals surface area contributed by atoms with Gasteiger partial charge in [-0.3, -0.25) is 0 Å². The minimum Gasteiger partial charge on any atom is -0.342 e. The fraction of sp³-hybridized carbons (Fsp3) is 0.500. The van der Waals surface area contributed by atoms with Gasteiger partial charge in [-0.2, -0.15) is 26.3 Å². The maximum atomic E-state index is 12.7. The highest BCUT2D eigenvalue weighted by Crippen LogP contribution is 2.26. The molecule has 1 saturated heterocycles. The van der Waals surface area contributed by atoms with Crippen LogP contribution in [0.15, 0.2) is 18.2 Å². The summed E-state index contributed by atoms with van der Waals surface area (Å²) in [5.41, 5.74) is 1.69. The first-order valence-electron chi connectivity index (χ1n) is 8.18. The molecule has 1 aromatic carbocycles. The van der Waals surface area contributed by atoms with Gasteiger partial charge in [-0.05, 0) is 24.1 Å². The van der Waals surface area contributed by atoms with Crippen LogP contribution in [0.1, 0.15) is 24.2 Å². The van der Waals surface area contributed by atoms with Crippen LogP contribution in [0.3, 0.4) is 0 Å². The van der Waals surface area contributed by atoms with Gasteiger partial charge in [0.15, 0.2) is 0 Å². The molecule has 0 bridgehead atoms. The quantitative estimate of drug-likeness (QED) is 0.756. The summed E-state index contributed by atoms with van der Waals surface area (Å²) in [7, 11) is 0. The predicted octanol–water partition coefficient (Wildman–Crippen LogP) is 3.90. The molecule has 0 spiro atoms. The zero-order valence-corrected chi connectivity index (χ0v) is 13.9. The maximum absolute atomic E-state index is 12.7. The molecule has 0 unspecified atom stereocenters. The number of aryl methyl sites for hydroxylation is 1. The number of fused-ring (bicyclic) bond motifs is 1. The van der Waals surface area contributed by atoms with Crippen LogP contribution in [0.4, 0.5) is 31.1 Å². The normalized spacial score (nSPS) is 18.4. The SMILES string of the molecule is O=C1N[C@H](C(F)(F)F)CN1Cc1ccc2nc(CCCC(F)(F)F)[nH]c2c1. The number of H-pyrrole nitrogens is 1. The average Bonchev–Trinajstić information content (AvgIpc) is 3.09. The monoisotopic (exact) mass is 394 g/mol. The molecule has 0 radical (unpaired) electrons. The Bertz CT molecular complexity index is 828. The van der Waals surface area contributed by atoms with Gasteiger partial charge in [0.25, 0.3) is 0 Å². The number of alkyl halides is 6. The number of hydrogen-bond donors (Lipinski definition) is 2. The number of aromatic nitrogens is 2. The molecule has 11 heteroatoms. The molecule has 1 aromatic heterocycles. The van der Waals surface area contributed by atoms with E-state index in [0.29, 0.717) is 22.4 Å². The largest absolute Gasteiger partial charge is 0.410 e. The van der Waals surface area contributed by atoms with Crippen molar-refractivity contribution in [1.82, 2.24) is 20.2 Å². The van der Waals surface area contributed by atoms with Crippen LogP contribution < -0.4 is 5.32 Å². The Morgan fingerprint density at radius 2 is 1.93 bits per heavy atom. The Kier molecular flexibility index (Phi) is 4.96. The summed E-state index contributed by atoms with van der Waals surface area (Å²) < 4.78 is 74.7. The number of urea groups is 1. The standard InChI is InChI=1S/C16H16F6N4O/c17-15(18,19)5-1-2-13-23-10-4-3-9(6-11(10)24-13)7-26-8-12(16(20,21)22)25-14(26)27/h3-4,6,12H,1-2,5,7-8H2,(H,23,24)(H,25,27)/t12-/m0/s1. The second-order valence-corrected chi connectivity index (χ2v) is 6.43. The van der Waals surface area contributed by atoms with Crippen molar-refractivity contribution in [2.75, 3.05) is 6.54 Å². The van der Waals surface area contributed by atoms with Crippen LogP contribution in [0.5, 0.6) is 0 Å². The first-order valence-corrected chi connectivity index (χ1v) is 8.18. The summed E-state index contributed by atoms with van der Waals surface area (Å²) >= 11 is 0. The Labute approximate surface area is 149 Å². The molecule has 2 heterocycles. The Hall–Kier alpha value is -2.46. The van der Waals surface area contributed by atoms with Gasteiger partial charge < -0.3 is 15.2 Å². The highest BCUT2D eigenvalue weighted by Gasteiger charge is 2.46. The lowest BCUT2D eigenvalue weighted by Gasteiger charge is -2.16. The number of aromatic amines is 1. The molecule has 2 amide bonds. The third-order valence-electron chi connectivity index (χ3n) is 4.23. The lowest BCUT2D eigenvalue weighted by Crippen LogP contribution is -2.40. The van der Waals surface area contributed by atoms with Crippen LogP contribution >= 0.6 is 0 Å². The molecule has 2 aromatic rings. The van der Waals surface area contributed by atoms with Crippen molar-refractivity contribution in [1.29, 1.82) is 0 Å². The van der Waals surface area contributed by atoms with Gasteiger partial charge in [-0.15, -0.1) is 0 Å². The number of imidazole rings is 1. The van der Waals surface area contributed by atoms with Crippen molar-refractivity contribution in [3.05, 3.63) is 29.6 Å². The molecule has 0 saturated carbocycles. The number of nitrogens with one attached hydrogen (secondary N) is 2. The highest BCUT2D eigenvalue weighted by atomic mass is 19.4. The summed E-state index contributed by atoms with van der Waals surface area (Å²) in [6, 6.07) is 2.17. The topological polar surface area (TPSA) is 61.0 Å². The highest BCUT2D eigenvalue weighted by molar-refractivity contribution is 5.78. The zero-order valence-electron chi connectivity index (χ0n) is 13.9. The number of amides is 2. The van der Waals surface area contributed by atoms with Crippen LogP contribution in [-0.4, -0.2) is 45.8 Å². The number of nitrogens with zero attached hydrogens (tertiary/aromatic N) is 2. The number of benzene rings is 1. The van der Waals surface area contributed by atoms with Gasteiger partial charge in [-0.25, -0.2) is 9.78 Å². The summed E-state index contributed by atoms with van der Waals surface area (Å²) in [4.78, 5) is 19.9. The van der Waals surface area contributed by atoms with E-state index in [0.717, 1.165) is 4.90 Å². The number of hydrogen-bond acceptors (Lipinski definition) is 2. The van der Waals surface area contributed by atoms with Crippen LogP contribution in [0.25, 0.3) is 11.0 Å². The number of carbonyl (C=O) groups is 1. The van der Waals surface area contributed by atoms with Crippen molar-refractivity contribution in [2.45, 2.75) is 44.2 Å². The fourth-order valence-corrected chi connectivity index (χ4v) is 2.91. The number of carbonyl (C=O) groups excluding carboxylic acids is 1. The molecule has 5 nitrogen and oxygen atoms in total. The third kappa shape index (κ3) is 4.83. The molecule has 27 heavy (non-hydrogen) atoms. The minimum atomic E-state index is -4.51. The molecule has 1 atom stereocenters. The van der Waals surface area contributed by atoms with E-state index in [1.165, 1.54) is 0 Å². The average molecular weight is 394 g/mol. The summed E-state index contributed by atoms with van der Waals surface area (Å²) in [5, 5.41) is 1.89. The van der Waals surface area contributed by atoms with Gasteiger partial charge in [-0.1, -0.05) is 6.07 Å². The molecule has 1 aliphatic rings. The lowest BCUT2D eigenvalue weighted by atomic mass is 10.2. The van der Waals surface area contributed by atoms with Crippen molar-refractivity contribution in [2.24, 2.45) is 0 Å². The van der Waals surface area contributed by atoms with Gasteiger partial charge in [0, 0.05) is 19.4 Å². The van der Waals surface area contributed by atoms with E-state index in [1.807, 2.05) is 5.32 Å². The van der Waals surface area contributed by atoms with Crippen LogP contribution in [0, 0.1) is 0 Å². The summed E-state index contributed by atoms with van der Waals surface area (Å²) in [6.07, 6.45) is -9.60. The molecule has 3 rings (SSSR count). The molecule has 1 aliphatic heterocycles. The van der Waals surface area contributed by atoms with Gasteiger partial charge in [0.1, 0.15) is 11.9 Å². The third-order valence-corrected chi connectivity index (χ3v) is 4.23. The zero-order chi connectivity index (χ0) is 19.8. The Morgan fingerprint density at radius 3 is 2.56 bits per heavy atom. The van der Waals surface area contributed by atoms with E-state index in [2.05, 4.69) is 9.97 Å². The first kappa shape index (κ1) is 19.3. The Morgan fingerprint density at radius 1 is 1.19 bits per heavy atom. The van der Waals surface area contributed by atoms with E-state index in [-0.39, 0.29) is 19.4 Å². The lowest BCUT2D eigenvalue weighted by molar-refractivity contribution is -0.149. The van der Waals surface area contributed by atoms with E-state index in [1.54, 1.807) is 18.2 Å². The van der Waals surface area contributed by atoms with E-state index in [4.69, 9.17) is 0 Å². The first-order chi connectivity index (χ1) is 12.5. The molecular weight excluding hydrogens is 378 g/mol. The molecule has 148 valence electrons. The van der Waals surface area contributed by atoms with E-state index in [9.17, 15) is 31.1 Å². The maximum Gasteiger partial charge on any atom is 0.410 e. The van der Waals surface area contributed by atoms with E-state index >= 15 is 0 Å². The van der Waals surface area contributed by atoms with Crippen molar-refractivity contribution in [3.63, 3.8) is 0 Å². The van der Waals surface area contributed by atoms with Crippen molar-refractivity contribution >= 4 is 17.1 Å². The van der Waals surface area contributed by atoms with Crippen LogP contribution in [0.2, 0.25) is 0 Å². The number of rotatable bonds is 5. The van der Waals surface area contributed by atoms with Crippen LogP contribution in [-0.2, 0) is 13.0 Å². The summed E-state index contributed by atoms with van der Waals surface area (Å²) in [5.74, 6) is 0.405. The predicted molar refractivity (Wildman–Crippen MR) is 83.9 cm³/mol. The second-order valence-electron chi connectivity index (χ2n) is 6.43. The summed E-state index contributed by atoms with van der Waals surface area (Å²) in [6.45, 7) is -0.497. The fourth-order valence-electron chi connectivity index (χ4n) is 2.91. The second kappa shape index (κ2) is 6.93. The molecule has 1 fully saturated rings. The molecule has 0 aliphatic carbocycles. The van der Waals surface area contributed by atoms with Crippen molar-refractivity contribution < 1.29 is 31.1 Å². The van der Waals surface area contributed by atoms with Gasteiger partial charge in [0.05, 0.1) is 17.6 Å². The minimum absolute atomic E-state index is 0.0171. The number of halogens is 6. The van der Waals surface area contributed by atoms with Crippen molar-refractivity contribution in [3.8, 4) is 0 Å². The Balaban J connectivity index is 1.65. The molecule has 2 N–H and O–H groups in total. The van der Waals surface area contributed by atoms with E-state index < -0.39 is 37.4 Å². The molecular formula is C16H16F6N4O.